The van der Waals surface area contributed by atoms with Crippen molar-refractivity contribution in [1.82, 2.24) is 19.9 Å². The number of hydrogen-bond acceptors (Lipinski definition) is 4. The van der Waals surface area contributed by atoms with Gasteiger partial charge in [0.25, 0.3) is 0 Å². The first-order valence-corrected chi connectivity index (χ1v) is 7.38. The summed E-state index contributed by atoms with van der Waals surface area (Å²) < 4.78 is 0. The van der Waals surface area contributed by atoms with Gasteiger partial charge in [-0.15, -0.1) is 0 Å². The van der Waals surface area contributed by atoms with Gasteiger partial charge in [-0.05, 0) is 30.7 Å². The van der Waals surface area contributed by atoms with Gasteiger partial charge in [0.15, 0.2) is 0 Å². The third kappa shape index (κ3) is 4.29. The largest absolute Gasteiger partial charge is 0.395 e. The number of urea groups is 1. The molecule has 0 saturated heterocycles. The van der Waals surface area contributed by atoms with Crippen molar-refractivity contribution in [3.8, 4) is 5.69 Å². The Morgan fingerprint density at radius 2 is 1.91 bits per heavy atom. The van der Waals surface area contributed by atoms with Gasteiger partial charge < -0.3 is 15.3 Å². The van der Waals surface area contributed by atoms with E-state index >= 15 is 0 Å². The normalized spacial score (nSPS) is 10.5. The lowest BCUT2D eigenvalue weighted by Crippen LogP contribution is -2.37. The van der Waals surface area contributed by atoms with Gasteiger partial charge in [0.2, 0.25) is 0 Å². The Hall–Kier alpha value is -2.41. The molecule has 2 amide bonds. The maximum Gasteiger partial charge on any atom is 0.321 e. The fourth-order valence-corrected chi connectivity index (χ4v) is 2.01. The zero-order valence-electron chi connectivity index (χ0n) is 12.6. The van der Waals surface area contributed by atoms with Gasteiger partial charge in [-0.2, -0.15) is 15.0 Å². The zero-order valence-corrected chi connectivity index (χ0v) is 12.6. The number of benzene rings is 1. The van der Waals surface area contributed by atoms with Crippen molar-refractivity contribution in [3.05, 3.63) is 36.7 Å². The predicted molar refractivity (Wildman–Crippen MR) is 83.9 cm³/mol. The molecule has 7 nitrogen and oxygen atoms in total. The molecule has 2 N–H and O–H groups in total. The molecule has 0 aliphatic heterocycles. The van der Waals surface area contributed by atoms with E-state index in [4.69, 9.17) is 5.11 Å². The Kier molecular flexibility index (Phi) is 5.91. The minimum absolute atomic E-state index is 0.0406. The van der Waals surface area contributed by atoms with Gasteiger partial charge in [-0.1, -0.05) is 13.3 Å². The molecule has 1 aromatic heterocycles. The van der Waals surface area contributed by atoms with Crippen LogP contribution in [0, 0.1) is 0 Å². The second kappa shape index (κ2) is 8.14. The molecule has 118 valence electrons. The van der Waals surface area contributed by atoms with E-state index in [9.17, 15) is 4.79 Å². The molecular formula is C15H21N5O2. The van der Waals surface area contributed by atoms with Crippen molar-refractivity contribution in [3.63, 3.8) is 0 Å². The standard InChI is InChI=1S/C15H21N5O2/c1-2-3-10-19(11-12-21)15(22)18-13-4-6-14(7-5-13)20-16-8-9-17-20/h4-9,21H,2-3,10-12H2,1H3,(H,18,22). The highest BCUT2D eigenvalue weighted by Gasteiger charge is 2.12. The van der Waals surface area contributed by atoms with Crippen molar-refractivity contribution < 1.29 is 9.90 Å². The molecule has 2 aromatic rings. The van der Waals surface area contributed by atoms with E-state index in [0.29, 0.717) is 18.8 Å². The second-order valence-electron chi connectivity index (χ2n) is 4.86. The van der Waals surface area contributed by atoms with Crippen LogP contribution in [-0.2, 0) is 0 Å². The van der Waals surface area contributed by atoms with E-state index < -0.39 is 0 Å². The minimum atomic E-state index is -0.201. The Labute approximate surface area is 129 Å². The zero-order chi connectivity index (χ0) is 15.8. The summed E-state index contributed by atoms with van der Waals surface area (Å²) in [7, 11) is 0. The highest BCUT2D eigenvalue weighted by Crippen LogP contribution is 2.12. The van der Waals surface area contributed by atoms with E-state index in [-0.39, 0.29) is 12.6 Å². The fraction of sp³-hybridized carbons (Fsp3) is 0.400. The molecule has 1 aromatic carbocycles. The lowest BCUT2D eigenvalue weighted by Gasteiger charge is -2.22. The molecule has 0 aliphatic carbocycles. The van der Waals surface area contributed by atoms with Crippen LogP contribution in [0.1, 0.15) is 19.8 Å². The number of aliphatic hydroxyl groups is 1. The van der Waals surface area contributed by atoms with Crippen molar-refractivity contribution in [1.29, 1.82) is 0 Å². The topological polar surface area (TPSA) is 83.3 Å². The number of hydrogen-bond donors (Lipinski definition) is 2. The van der Waals surface area contributed by atoms with Crippen molar-refractivity contribution in [2.24, 2.45) is 0 Å². The molecule has 0 atom stereocenters. The number of amides is 2. The maximum absolute atomic E-state index is 12.2. The van der Waals surface area contributed by atoms with E-state index in [1.54, 1.807) is 29.4 Å². The number of aliphatic hydroxyl groups excluding tert-OH is 1. The summed E-state index contributed by atoms with van der Waals surface area (Å²) in [5.41, 5.74) is 1.52. The Morgan fingerprint density at radius 1 is 1.23 bits per heavy atom. The number of rotatable bonds is 7. The third-order valence-corrected chi connectivity index (χ3v) is 3.21. The molecule has 0 radical (unpaired) electrons. The minimum Gasteiger partial charge on any atom is -0.395 e. The average molecular weight is 303 g/mol. The monoisotopic (exact) mass is 303 g/mol. The van der Waals surface area contributed by atoms with E-state index in [1.807, 2.05) is 12.1 Å². The Bertz CT molecular complexity index is 568. The van der Waals surface area contributed by atoms with Gasteiger partial charge in [-0.25, -0.2) is 4.79 Å². The number of nitrogens with one attached hydrogen (secondary N) is 1. The maximum atomic E-state index is 12.2. The molecular weight excluding hydrogens is 282 g/mol. The highest BCUT2D eigenvalue weighted by atomic mass is 16.3. The van der Waals surface area contributed by atoms with Crippen LogP contribution in [0.3, 0.4) is 0 Å². The number of nitrogens with zero attached hydrogens (tertiary/aromatic N) is 4. The van der Waals surface area contributed by atoms with Gasteiger partial charge in [-0.3, -0.25) is 0 Å². The van der Waals surface area contributed by atoms with Crippen LogP contribution in [0.25, 0.3) is 5.69 Å². The highest BCUT2D eigenvalue weighted by molar-refractivity contribution is 5.89. The van der Waals surface area contributed by atoms with E-state index in [0.717, 1.165) is 18.5 Å². The van der Waals surface area contributed by atoms with Gasteiger partial charge in [0.1, 0.15) is 0 Å². The predicted octanol–water partition coefficient (Wildman–Crippen LogP) is 1.89. The number of carbonyl (C=O) groups excluding carboxylic acids is 1. The first-order valence-electron chi connectivity index (χ1n) is 7.38. The molecule has 0 saturated carbocycles. The van der Waals surface area contributed by atoms with E-state index in [2.05, 4.69) is 22.4 Å². The molecule has 0 aliphatic rings. The van der Waals surface area contributed by atoms with Gasteiger partial charge in [0.05, 0.1) is 24.7 Å². The van der Waals surface area contributed by atoms with Crippen LogP contribution in [0.15, 0.2) is 36.7 Å². The van der Waals surface area contributed by atoms with Crippen LogP contribution in [0.4, 0.5) is 10.5 Å². The number of carbonyl (C=O) groups is 1. The summed E-state index contributed by atoms with van der Waals surface area (Å²) in [5, 5.41) is 20.0. The second-order valence-corrected chi connectivity index (χ2v) is 4.86. The Morgan fingerprint density at radius 3 is 2.50 bits per heavy atom. The SMILES string of the molecule is CCCCN(CCO)C(=O)Nc1ccc(-n2nccn2)cc1. The van der Waals surface area contributed by atoms with Crippen LogP contribution in [0.5, 0.6) is 0 Å². The first-order chi connectivity index (χ1) is 10.7. The smallest absolute Gasteiger partial charge is 0.321 e. The summed E-state index contributed by atoms with van der Waals surface area (Å²) in [6.07, 6.45) is 5.13. The summed E-state index contributed by atoms with van der Waals surface area (Å²) >= 11 is 0. The number of aromatic nitrogens is 3. The summed E-state index contributed by atoms with van der Waals surface area (Å²) in [6.45, 7) is 3.00. The molecule has 0 unspecified atom stereocenters. The van der Waals surface area contributed by atoms with Crippen molar-refractivity contribution in [2.75, 3.05) is 25.0 Å². The molecule has 2 rings (SSSR count). The van der Waals surface area contributed by atoms with Crippen LogP contribution >= 0.6 is 0 Å². The van der Waals surface area contributed by atoms with Crippen LogP contribution < -0.4 is 5.32 Å². The molecule has 0 spiro atoms. The van der Waals surface area contributed by atoms with E-state index in [1.165, 1.54) is 4.80 Å². The quantitative estimate of drug-likeness (QED) is 0.818. The molecule has 0 fully saturated rings. The summed E-state index contributed by atoms with van der Waals surface area (Å²) in [6, 6.07) is 7.06. The molecule has 22 heavy (non-hydrogen) atoms. The lowest BCUT2D eigenvalue weighted by molar-refractivity contribution is 0.187. The van der Waals surface area contributed by atoms with Crippen LogP contribution in [-0.4, -0.2) is 50.7 Å². The van der Waals surface area contributed by atoms with Crippen molar-refractivity contribution in [2.45, 2.75) is 19.8 Å². The molecule has 0 bridgehead atoms. The number of anilines is 1. The Balaban J connectivity index is 1.98. The first kappa shape index (κ1) is 16.0. The summed E-state index contributed by atoms with van der Waals surface area (Å²) in [5.74, 6) is 0. The lowest BCUT2D eigenvalue weighted by atomic mass is 10.3. The summed E-state index contributed by atoms with van der Waals surface area (Å²) in [4.78, 5) is 15.3. The third-order valence-electron chi connectivity index (χ3n) is 3.21. The van der Waals surface area contributed by atoms with Gasteiger partial charge in [0, 0.05) is 18.8 Å². The average Bonchev–Trinajstić information content (AvgIpc) is 3.06. The molecule has 1 heterocycles. The van der Waals surface area contributed by atoms with Crippen LogP contribution in [0.2, 0.25) is 0 Å². The molecule has 7 heteroatoms. The fourth-order valence-electron chi connectivity index (χ4n) is 2.01. The van der Waals surface area contributed by atoms with Gasteiger partial charge >= 0.3 is 6.03 Å². The van der Waals surface area contributed by atoms with Crippen molar-refractivity contribution >= 4 is 11.7 Å². The number of unbranched alkanes of at least 4 members (excludes halogenated alkanes) is 1.